The third kappa shape index (κ3) is 5.42. The highest BCUT2D eigenvalue weighted by Crippen LogP contribution is 2.44. The second-order valence-corrected chi connectivity index (χ2v) is 9.05. The molecule has 1 N–H and O–H groups in total. The number of hydrogen-bond acceptors (Lipinski definition) is 2. The Morgan fingerprint density at radius 1 is 1.19 bits per heavy atom. The Bertz CT molecular complexity index is 436. The van der Waals surface area contributed by atoms with Crippen LogP contribution in [0.25, 0.3) is 0 Å². The number of rotatable bonds is 7. The molecule has 1 heterocycles. The van der Waals surface area contributed by atoms with Crippen LogP contribution in [0.15, 0.2) is 6.07 Å². The van der Waals surface area contributed by atoms with E-state index >= 15 is 0 Å². The van der Waals surface area contributed by atoms with Crippen LogP contribution in [0.4, 0.5) is 0 Å². The van der Waals surface area contributed by atoms with E-state index in [9.17, 15) is 0 Å². The predicted molar refractivity (Wildman–Crippen MR) is 95.9 cm³/mol. The van der Waals surface area contributed by atoms with Gasteiger partial charge in [-0.1, -0.05) is 56.3 Å². The average molecular weight is 348 g/mol. The molecule has 0 aromatic carbocycles. The van der Waals surface area contributed by atoms with Gasteiger partial charge in [0.25, 0.3) is 0 Å². The molecule has 0 atom stereocenters. The fourth-order valence-electron chi connectivity index (χ4n) is 3.50. The van der Waals surface area contributed by atoms with Crippen molar-refractivity contribution in [1.82, 2.24) is 5.32 Å². The summed E-state index contributed by atoms with van der Waals surface area (Å²) in [4.78, 5) is 0. The highest BCUT2D eigenvalue weighted by atomic mass is 35.5. The molecule has 1 aromatic heterocycles. The van der Waals surface area contributed by atoms with Crippen LogP contribution >= 0.6 is 34.5 Å². The Labute approximate surface area is 143 Å². The molecule has 0 bridgehead atoms. The van der Waals surface area contributed by atoms with Gasteiger partial charge in [-0.25, -0.2) is 0 Å². The van der Waals surface area contributed by atoms with Gasteiger partial charge in [0.2, 0.25) is 0 Å². The molecule has 1 aliphatic carbocycles. The van der Waals surface area contributed by atoms with Crippen LogP contribution in [0.2, 0.25) is 8.67 Å². The summed E-state index contributed by atoms with van der Waals surface area (Å²) in [5.74, 6) is 0. The molecule has 1 fully saturated rings. The molecule has 0 aliphatic heterocycles. The number of aryl methyl sites for hydroxylation is 1. The first kappa shape index (κ1) is 17.6. The maximum absolute atomic E-state index is 6.28. The Morgan fingerprint density at radius 3 is 2.48 bits per heavy atom. The van der Waals surface area contributed by atoms with Crippen molar-refractivity contribution in [3.63, 3.8) is 0 Å². The topological polar surface area (TPSA) is 12.0 Å². The highest BCUT2D eigenvalue weighted by molar-refractivity contribution is 7.20. The van der Waals surface area contributed by atoms with Gasteiger partial charge in [-0.15, -0.1) is 11.3 Å². The minimum absolute atomic E-state index is 0.512. The third-order valence-electron chi connectivity index (χ3n) is 4.77. The maximum atomic E-state index is 6.28. The van der Waals surface area contributed by atoms with E-state index in [0.717, 1.165) is 21.6 Å². The van der Waals surface area contributed by atoms with Gasteiger partial charge in [0.15, 0.2) is 0 Å². The second kappa shape index (κ2) is 8.19. The molecule has 1 aliphatic rings. The number of thiophene rings is 1. The van der Waals surface area contributed by atoms with E-state index in [1.54, 1.807) is 0 Å². The standard InChI is InChI=1S/C17H27Cl2NS/c1-13(2)20-11-10-17(7-4-3-5-8-17)9-6-14-12-15(18)21-16(14)19/h12-13,20H,3-11H2,1-2H3. The van der Waals surface area contributed by atoms with Crippen LogP contribution in [0.1, 0.15) is 64.4 Å². The van der Waals surface area contributed by atoms with Crippen molar-refractivity contribution in [2.24, 2.45) is 5.41 Å². The Kier molecular flexibility index (Phi) is 6.86. The molecule has 1 nitrogen and oxygen atoms in total. The lowest BCUT2D eigenvalue weighted by atomic mass is 9.68. The van der Waals surface area contributed by atoms with Crippen molar-refractivity contribution in [3.8, 4) is 0 Å². The van der Waals surface area contributed by atoms with Crippen LogP contribution < -0.4 is 5.32 Å². The normalized spacial score (nSPS) is 18.3. The largest absolute Gasteiger partial charge is 0.315 e. The predicted octanol–water partition coefficient (Wildman–Crippen LogP) is 6.33. The lowest BCUT2D eigenvalue weighted by Crippen LogP contribution is -2.32. The van der Waals surface area contributed by atoms with Crippen molar-refractivity contribution >= 4 is 34.5 Å². The van der Waals surface area contributed by atoms with Gasteiger partial charge in [-0.05, 0) is 55.7 Å². The Hall–Kier alpha value is 0.240. The maximum Gasteiger partial charge on any atom is 0.0976 e. The molecule has 2 rings (SSSR count). The first-order valence-corrected chi connectivity index (χ1v) is 9.75. The van der Waals surface area contributed by atoms with E-state index < -0.39 is 0 Å². The Morgan fingerprint density at radius 2 is 1.90 bits per heavy atom. The van der Waals surface area contributed by atoms with E-state index in [1.807, 2.05) is 0 Å². The van der Waals surface area contributed by atoms with Gasteiger partial charge in [0, 0.05) is 6.04 Å². The van der Waals surface area contributed by atoms with Crippen molar-refractivity contribution in [3.05, 3.63) is 20.3 Å². The smallest absolute Gasteiger partial charge is 0.0976 e. The Balaban J connectivity index is 1.93. The van der Waals surface area contributed by atoms with Crippen molar-refractivity contribution < 1.29 is 0 Å². The third-order valence-corrected chi connectivity index (χ3v) is 6.34. The average Bonchev–Trinajstić information content (AvgIpc) is 2.76. The monoisotopic (exact) mass is 347 g/mol. The molecule has 0 unspecified atom stereocenters. The number of nitrogens with one attached hydrogen (secondary N) is 1. The molecule has 0 saturated heterocycles. The first-order chi connectivity index (χ1) is 10.0. The summed E-state index contributed by atoms with van der Waals surface area (Å²) in [7, 11) is 0. The quantitative estimate of drug-likeness (QED) is 0.607. The lowest BCUT2D eigenvalue weighted by molar-refractivity contribution is 0.155. The molecule has 4 heteroatoms. The summed E-state index contributed by atoms with van der Waals surface area (Å²) in [5.41, 5.74) is 1.76. The number of hydrogen-bond donors (Lipinski definition) is 1. The van der Waals surface area contributed by atoms with Gasteiger partial charge >= 0.3 is 0 Å². The first-order valence-electron chi connectivity index (χ1n) is 8.18. The molecular weight excluding hydrogens is 321 g/mol. The van der Waals surface area contributed by atoms with Crippen molar-refractivity contribution in [1.29, 1.82) is 0 Å². The van der Waals surface area contributed by atoms with E-state index in [0.29, 0.717) is 11.5 Å². The van der Waals surface area contributed by atoms with Gasteiger partial charge in [0.05, 0.1) is 8.67 Å². The zero-order chi connectivity index (χ0) is 15.3. The van der Waals surface area contributed by atoms with Gasteiger partial charge in [-0.2, -0.15) is 0 Å². The lowest BCUT2D eigenvalue weighted by Gasteiger charge is -2.38. The fourth-order valence-corrected chi connectivity index (χ4v) is 5.04. The molecule has 0 radical (unpaired) electrons. The molecule has 1 saturated carbocycles. The highest BCUT2D eigenvalue weighted by Gasteiger charge is 2.31. The molecule has 0 amide bonds. The zero-order valence-corrected chi connectivity index (χ0v) is 15.5. The van der Waals surface area contributed by atoms with E-state index in [1.165, 1.54) is 61.8 Å². The van der Waals surface area contributed by atoms with Gasteiger partial charge < -0.3 is 5.32 Å². The minimum atomic E-state index is 0.512. The van der Waals surface area contributed by atoms with Crippen molar-refractivity contribution in [2.75, 3.05) is 6.54 Å². The minimum Gasteiger partial charge on any atom is -0.315 e. The van der Waals surface area contributed by atoms with E-state index in [2.05, 4.69) is 25.2 Å². The second-order valence-electron chi connectivity index (χ2n) is 6.77. The molecule has 21 heavy (non-hydrogen) atoms. The zero-order valence-electron chi connectivity index (χ0n) is 13.2. The van der Waals surface area contributed by atoms with Crippen LogP contribution in [-0.4, -0.2) is 12.6 Å². The van der Waals surface area contributed by atoms with Crippen LogP contribution in [0.5, 0.6) is 0 Å². The van der Waals surface area contributed by atoms with Crippen molar-refractivity contribution in [2.45, 2.75) is 71.3 Å². The summed E-state index contributed by atoms with van der Waals surface area (Å²) >= 11 is 13.8. The fraction of sp³-hybridized carbons (Fsp3) is 0.765. The molecule has 1 aromatic rings. The van der Waals surface area contributed by atoms with E-state index in [4.69, 9.17) is 23.2 Å². The van der Waals surface area contributed by atoms with Crippen LogP contribution in [-0.2, 0) is 6.42 Å². The summed E-state index contributed by atoms with van der Waals surface area (Å²) in [6, 6.07) is 2.63. The van der Waals surface area contributed by atoms with Crippen LogP contribution in [0, 0.1) is 5.41 Å². The van der Waals surface area contributed by atoms with Gasteiger partial charge in [-0.3, -0.25) is 0 Å². The SMILES string of the molecule is CC(C)NCCC1(CCc2cc(Cl)sc2Cl)CCCCC1. The number of halogens is 2. The summed E-state index contributed by atoms with van der Waals surface area (Å²) in [5, 5.41) is 3.59. The molecular formula is C17H27Cl2NS. The van der Waals surface area contributed by atoms with Crippen LogP contribution in [0.3, 0.4) is 0 Å². The van der Waals surface area contributed by atoms with Gasteiger partial charge in [0.1, 0.15) is 0 Å². The molecule has 120 valence electrons. The summed E-state index contributed by atoms with van der Waals surface area (Å²) in [6.07, 6.45) is 10.6. The summed E-state index contributed by atoms with van der Waals surface area (Å²) < 4.78 is 1.69. The molecule has 0 spiro atoms. The van der Waals surface area contributed by atoms with E-state index in [-0.39, 0.29) is 0 Å². The summed E-state index contributed by atoms with van der Waals surface area (Å²) in [6.45, 7) is 5.58.